The Kier molecular flexibility index (Phi) is 4.79. The Labute approximate surface area is 156 Å². The first-order valence-corrected chi connectivity index (χ1v) is 9.18. The lowest BCUT2D eigenvalue weighted by molar-refractivity contribution is 0.578. The Balaban J connectivity index is 1.55. The summed E-state index contributed by atoms with van der Waals surface area (Å²) in [5.41, 5.74) is 2.45. The predicted octanol–water partition coefficient (Wildman–Crippen LogP) is 5.03. The molecular formula is C21H20F2N4. The number of aliphatic imine (C=N–C) groups is 1. The molecule has 1 aromatic heterocycles. The minimum Gasteiger partial charge on any atom is -0.281 e. The van der Waals surface area contributed by atoms with E-state index < -0.39 is 11.6 Å². The molecule has 1 atom stereocenters. The first-order valence-electron chi connectivity index (χ1n) is 9.18. The van der Waals surface area contributed by atoms with E-state index in [2.05, 4.69) is 27.1 Å². The van der Waals surface area contributed by atoms with Crippen LogP contribution in [0.5, 0.6) is 0 Å². The lowest BCUT2D eigenvalue weighted by Gasteiger charge is -2.07. The SMILES string of the molecule is CCCc1nc(-c2ccc(C3CCC(c4c(F)cccc4F)=N3)cc2)n[nH]1. The molecule has 27 heavy (non-hydrogen) atoms. The second kappa shape index (κ2) is 7.39. The van der Waals surface area contributed by atoms with Crippen molar-refractivity contribution in [2.45, 2.75) is 38.6 Å². The van der Waals surface area contributed by atoms with Gasteiger partial charge in [0.15, 0.2) is 5.82 Å². The molecule has 1 aliphatic rings. The van der Waals surface area contributed by atoms with Crippen molar-refractivity contribution in [1.29, 1.82) is 0 Å². The number of aromatic nitrogens is 3. The molecule has 0 radical (unpaired) electrons. The van der Waals surface area contributed by atoms with Crippen molar-refractivity contribution < 1.29 is 8.78 Å². The summed E-state index contributed by atoms with van der Waals surface area (Å²) in [5.74, 6) is 0.442. The third-order valence-corrected chi connectivity index (χ3v) is 4.79. The minimum atomic E-state index is -0.558. The Morgan fingerprint density at radius 3 is 2.52 bits per heavy atom. The van der Waals surface area contributed by atoms with Gasteiger partial charge in [-0.15, -0.1) is 0 Å². The second-order valence-electron chi connectivity index (χ2n) is 6.70. The third-order valence-electron chi connectivity index (χ3n) is 4.79. The fourth-order valence-electron chi connectivity index (χ4n) is 3.42. The summed E-state index contributed by atoms with van der Waals surface area (Å²) in [4.78, 5) is 9.07. The number of H-pyrrole nitrogens is 1. The minimum absolute atomic E-state index is 0.000737. The van der Waals surface area contributed by atoms with Gasteiger partial charge in [-0.3, -0.25) is 10.1 Å². The number of rotatable bonds is 5. The Bertz CT molecular complexity index is 956. The van der Waals surface area contributed by atoms with Crippen LogP contribution in [0.2, 0.25) is 0 Å². The number of aryl methyl sites for hydroxylation is 1. The predicted molar refractivity (Wildman–Crippen MR) is 101 cm³/mol. The highest BCUT2D eigenvalue weighted by Crippen LogP contribution is 2.33. The van der Waals surface area contributed by atoms with Gasteiger partial charge in [-0.2, -0.15) is 5.10 Å². The maximum atomic E-state index is 14.0. The van der Waals surface area contributed by atoms with Crippen LogP contribution in [0.15, 0.2) is 47.5 Å². The zero-order valence-electron chi connectivity index (χ0n) is 15.0. The van der Waals surface area contributed by atoms with Crippen molar-refractivity contribution in [1.82, 2.24) is 15.2 Å². The summed E-state index contributed by atoms with van der Waals surface area (Å²) >= 11 is 0. The highest BCUT2D eigenvalue weighted by Gasteiger charge is 2.24. The molecule has 138 valence electrons. The fraction of sp³-hybridized carbons (Fsp3) is 0.286. The molecule has 3 aromatic rings. The third kappa shape index (κ3) is 3.52. The summed E-state index contributed by atoms with van der Waals surface area (Å²) < 4.78 is 28.0. The molecule has 2 heterocycles. The normalized spacial score (nSPS) is 16.6. The van der Waals surface area contributed by atoms with Crippen molar-refractivity contribution in [2.24, 2.45) is 4.99 Å². The average Bonchev–Trinajstić information content (AvgIpc) is 3.32. The number of nitrogens with zero attached hydrogens (tertiary/aromatic N) is 3. The molecule has 0 saturated heterocycles. The lowest BCUT2D eigenvalue weighted by Crippen LogP contribution is -2.03. The Hall–Kier alpha value is -2.89. The number of aromatic amines is 1. The van der Waals surface area contributed by atoms with Gasteiger partial charge >= 0.3 is 0 Å². The van der Waals surface area contributed by atoms with Crippen LogP contribution < -0.4 is 0 Å². The van der Waals surface area contributed by atoms with Gasteiger partial charge in [0, 0.05) is 17.7 Å². The number of benzene rings is 2. The van der Waals surface area contributed by atoms with E-state index in [9.17, 15) is 8.78 Å². The highest BCUT2D eigenvalue weighted by molar-refractivity contribution is 6.02. The molecule has 1 N–H and O–H groups in total. The van der Waals surface area contributed by atoms with Crippen molar-refractivity contribution in [3.8, 4) is 11.4 Å². The zero-order chi connectivity index (χ0) is 18.8. The molecule has 4 nitrogen and oxygen atoms in total. The van der Waals surface area contributed by atoms with Gasteiger partial charge in [-0.1, -0.05) is 37.3 Å². The topological polar surface area (TPSA) is 53.9 Å². The van der Waals surface area contributed by atoms with E-state index in [4.69, 9.17) is 0 Å². The van der Waals surface area contributed by atoms with Crippen LogP contribution in [-0.2, 0) is 6.42 Å². The maximum Gasteiger partial charge on any atom is 0.181 e. The van der Waals surface area contributed by atoms with Crippen LogP contribution in [0.4, 0.5) is 8.78 Å². The zero-order valence-corrected chi connectivity index (χ0v) is 15.0. The molecule has 0 bridgehead atoms. The first kappa shape index (κ1) is 17.5. The van der Waals surface area contributed by atoms with Crippen LogP contribution in [-0.4, -0.2) is 20.9 Å². The number of hydrogen-bond acceptors (Lipinski definition) is 3. The van der Waals surface area contributed by atoms with Crippen molar-refractivity contribution in [3.63, 3.8) is 0 Å². The number of nitrogens with one attached hydrogen (secondary N) is 1. The Morgan fingerprint density at radius 2 is 1.81 bits per heavy atom. The van der Waals surface area contributed by atoms with Crippen LogP contribution >= 0.6 is 0 Å². The van der Waals surface area contributed by atoms with E-state index >= 15 is 0 Å². The van der Waals surface area contributed by atoms with Crippen LogP contribution in [0, 0.1) is 11.6 Å². The lowest BCUT2D eigenvalue weighted by atomic mass is 10.0. The average molecular weight is 366 g/mol. The maximum absolute atomic E-state index is 14.0. The molecule has 0 saturated carbocycles. The van der Waals surface area contributed by atoms with Gasteiger partial charge in [-0.05, 0) is 37.0 Å². The summed E-state index contributed by atoms with van der Waals surface area (Å²) in [6, 6.07) is 11.7. The van der Waals surface area contributed by atoms with Gasteiger partial charge in [0.25, 0.3) is 0 Å². The summed E-state index contributed by atoms with van der Waals surface area (Å²) in [6.45, 7) is 2.10. The van der Waals surface area contributed by atoms with Gasteiger partial charge in [0.1, 0.15) is 17.5 Å². The Morgan fingerprint density at radius 1 is 1.07 bits per heavy atom. The summed E-state index contributed by atoms with van der Waals surface area (Å²) in [5, 5.41) is 7.21. The van der Waals surface area contributed by atoms with E-state index in [-0.39, 0.29) is 11.6 Å². The number of halogens is 2. The first-order chi connectivity index (χ1) is 13.2. The summed E-state index contributed by atoms with van der Waals surface area (Å²) in [7, 11) is 0. The molecule has 1 unspecified atom stereocenters. The smallest absolute Gasteiger partial charge is 0.181 e. The van der Waals surface area contributed by atoms with E-state index in [0.29, 0.717) is 18.0 Å². The van der Waals surface area contributed by atoms with E-state index in [1.54, 1.807) is 0 Å². The molecule has 0 spiro atoms. The number of hydrogen-bond donors (Lipinski definition) is 1. The molecule has 1 aliphatic heterocycles. The van der Waals surface area contributed by atoms with Gasteiger partial charge in [-0.25, -0.2) is 13.8 Å². The van der Waals surface area contributed by atoms with Crippen LogP contribution in [0.1, 0.15) is 49.2 Å². The fourth-order valence-corrected chi connectivity index (χ4v) is 3.42. The molecule has 0 amide bonds. The second-order valence-corrected chi connectivity index (χ2v) is 6.70. The van der Waals surface area contributed by atoms with Gasteiger partial charge in [0.2, 0.25) is 0 Å². The van der Waals surface area contributed by atoms with E-state index in [1.807, 2.05) is 24.3 Å². The van der Waals surface area contributed by atoms with Crippen molar-refractivity contribution >= 4 is 5.71 Å². The highest BCUT2D eigenvalue weighted by atomic mass is 19.1. The van der Waals surface area contributed by atoms with Gasteiger partial charge in [0.05, 0.1) is 11.6 Å². The molecule has 0 aliphatic carbocycles. The standard InChI is InChI=1S/C21H20F2N4/c1-2-4-19-25-21(27-26-19)14-9-7-13(8-10-14)17-11-12-18(24-17)20-15(22)5-3-6-16(20)23/h3,5-10,17H,2,4,11-12H2,1H3,(H,25,26,27). The monoisotopic (exact) mass is 366 g/mol. The molecule has 6 heteroatoms. The van der Waals surface area contributed by atoms with E-state index in [1.165, 1.54) is 18.2 Å². The molecule has 0 fully saturated rings. The van der Waals surface area contributed by atoms with Gasteiger partial charge < -0.3 is 0 Å². The van der Waals surface area contributed by atoms with E-state index in [0.717, 1.165) is 36.2 Å². The largest absolute Gasteiger partial charge is 0.281 e. The molecule has 4 rings (SSSR count). The van der Waals surface area contributed by atoms with Crippen LogP contribution in [0.3, 0.4) is 0 Å². The van der Waals surface area contributed by atoms with Crippen molar-refractivity contribution in [2.75, 3.05) is 0 Å². The van der Waals surface area contributed by atoms with Crippen LogP contribution in [0.25, 0.3) is 11.4 Å². The van der Waals surface area contributed by atoms with Crippen molar-refractivity contribution in [3.05, 3.63) is 71.1 Å². The molecular weight excluding hydrogens is 346 g/mol. The molecule has 2 aromatic carbocycles. The summed E-state index contributed by atoms with van der Waals surface area (Å²) in [6.07, 6.45) is 3.19. The quantitative estimate of drug-likeness (QED) is 0.689.